The summed E-state index contributed by atoms with van der Waals surface area (Å²) in [6.07, 6.45) is 1.80. The molecule has 0 aliphatic carbocycles. The summed E-state index contributed by atoms with van der Waals surface area (Å²) < 4.78 is 13.2. The molecule has 20 heavy (non-hydrogen) atoms. The highest BCUT2D eigenvalue weighted by Gasteiger charge is 2.25. The Balaban J connectivity index is 1.94. The maximum Gasteiger partial charge on any atom is 0.225 e. The van der Waals surface area contributed by atoms with Crippen molar-refractivity contribution in [3.8, 4) is 0 Å². The van der Waals surface area contributed by atoms with E-state index in [1.807, 2.05) is 11.0 Å². The molecule has 1 fully saturated rings. The molecule has 0 spiro atoms. The van der Waals surface area contributed by atoms with Crippen LogP contribution >= 0.6 is 0 Å². The van der Waals surface area contributed by atoms with E-state index in [2.05, 4.69) is 18.7 Å². The van der Waals surface area contributed by atoms with Gasteiger partial charge >= 0.3 is 0 Å². The Kier molecular flexibility index (Phi) is 4.99. The Morgan fingerprint density at radius 1 is 1.20 bits per heavy atom. The minimum absolute atomic E-state index is 0.149. The molecule has 1 aromatic rings. The van der Waals surface area contributed by atoms with Crippen molar-refractivity contribution in [2.24, 2.45) is 5.92 Å². The largest absolute Gasteiger partial charge is 0.368 e. The lowest BCUT2D eigenvalue weighted by molar-refractivity contribution is -0.136. The standard InChI is InChI=1S/C16H23FN2O/c1-3-13(4-2)16(20)19-10-8-18(9-11-19)15-7-5-6-14(17)12-15/h5-7,12-13H,3-4,8-11H2,1-2H3. The molecular formula is C16H23FN2O. The number of amides is 1. The van der Waals surface area contributed by atoms with Crippen LogP contribution in [0.2, 0.25) is 0 Å². The van der Waals surface area contributed by atoms with Gasteiger partial charge in [-0.3, -0.25) is 4.79 Å². The van der Waals surface area contributed by atoms with E-state index in [1.54, 1.807) is 12.1 Å². The van der Waals surface area contributed by atoms with E-state index in [9.17, 15) is 9.18 Å². The second-order valence-corrected chi connectivity index (χ2v) is 5.31. The van der Waals surface area contributed by atoms with Crippen LogP contribution in [0.15, 0.2) is 24.3 Å². The quantitative estimate of drug-likeness (QED) is 0.845. The molecule has 0 aromatic heterocycles. The van der Waals surface area contributed by atoms with Gasteiger partial charge in [-0.1, -0.05) is 19.9 Å². The highest BCUT2D eigenvalue weighted by atomic mass is 19.1. The molecule has 1 aromatic carbocycles. The minimum atomic E-state index is -0.210. The molecule has 2 rings (SSSR count). The van der Waals surface area contributed by atoms with Gasteiger partial charge in [0.2, 0.25) is 5.91 Å². The number of carbonyl (C=O) groups excluding carboxylic acids is 1. The van der Waals surface area contributed by atoms with Crippen LogP contribution in [0.4, 0.5) is 10.1 Å². The first-order valence-electron chi connectivity index (χ1n) is 7.45. The summed E-state index contributed by atoms with van der Waals surface area (Å²) in [5, 5.41) is 0. The lowest BCUT2D eigenvalue weighted by atomic mass is 10.0. The number of halogens is 1. The zero-order valence-corrected chi connectivity index (χ0v) is 12.3. The maximum atomic E-state index is 13.2. The molecule has 1 aliphatic heterocycles. The fraction of sp³-hybridized carbons (Fsp3) is 0.562. The molecule has 0 unspecified atom stereocenters. The normalized spacial score (nSPS) is 15.8. The first kappa shape index (κ1) is 14.8. The third-order valence-electron chi connectivity index (χ3n) is 4.10. The molecule has 0 saturated carbocycles. The van der Waals surface area contributed by atoms with Crippen molar-refractivity contribution in [2.45, 2.75) is 26.7 Å². The van der Waals surface area contributed by atoms with Gasteiger partial charge in [0.1, 0.15) is 5.82 Å². The van der Waals surface area contributed by atoms with Crippen molar-refractivity contribution in [1.82, 2.24) is 4.90 Å². The topological polar surface area (TPSA) is 23.6 Å². The highest BCUT2D eigenvalue weighted by Crippen LogP contribution is 2.19. The molecule has 0 bridgehead atoms. The van der Waals surface area contributed by atoms with Crippen LogP contribution < -0.4 is 4.90 Å². The van der Waals surface area contributed by atoms with Gasteiger partial charge in [0.25, 0.3) is 0 Å². The number of hydrogen-bond acceptors (Lipinski definition) is 2. The van der Waals surface area contributed by atoms with E-state index in [0.717, 1.165) is 44.7 Å². The average Bonchev–Trinajstić information content (AvgIpc) is 2.48. The number of anilines is 1. The Morgan fingerprint density at radius 2 is 1.85 bits per heavy atom. The van der Waals surface area contributed by atoms with E-state index >= 15 is 0 Å². The maximum absolute atomic E-state index is 13.2. The van der Waals surface area contributed by atoms with E-state index < -0.39 is 0 Å². The summed E-state index contributed by atoms with van der Waals surface area (Å²) in [5.41, 5.74) is 0.902. The van der Waals surface area contributed by atoms with Crippen molar-refractivity contribution in [3.05, 3.63) is 30.1 Å². The molecule has 0 atom stereocenters. The SMILES string of the molecule is CCC(CC)C(=O)N1CCN(c2cccc(F)c2)CC1. The first-order chi connectivity index (χ1) is 9.65. The Morgan fingerprint density at radius 3 is 2.40 bits per heavy atom. The van der Waals surface area contributed by atoms with Crippen LogP contribution in [0.5, 0.6) is 0 Å². The van der Waals surface area contributed by atoms with E-state index in [1.165, 1.54) is 6.07 Å². The third-order valence-corrected chi connectivity index (χ3v) is 4.10. The Hall–Kier alpha value is -1.58. The van der Waals surface area contributed by atoms with Crippen molar-refractivity contribution in [1.29, 1.82) is 0 Å². The zero-order valence-electron chi connectivity index (χ0n) is 12.3. The van der Waals surface area contributed by atoms with E-state index in [-0.39, 0.29) is 17.6 Å². The van der Waals surface area contributed by atoms with Gasteiger partial charge in [0.15, 0.2) is 0 Å². The fourth-order valence-corrected chi connectivity index (χ4v) is 2.75. The molecule has 0 N–H and O–H groups in total. The van der Waals surface area contributed by atoms with Gasteiger partial charge in [0.05, 0.1) is 0 Å². The Labute approximate surface area is 120 Å². The number of piperazine rings is 1. The second kappa shape index (κ2) is 6.73. The van der Waals surface area contributed by atoms with Crippen LogP contribution in [0.25, 0.3) is 0 Å². The van der Waals surface area contributed by atoms with Crippen LogP contribution in [0, 0.1) is 11.7 Å². The van der Waals surface area contributed by atoms with Crippen molar-refractivity contribution >= 4 is 11.6 Å². The van der Waals surface area contributed by atoms with Gasteiger partial charge in [-0.25, -0.2) is 4.39 Å². The minimum Gasteiger partial charge on any atom is -0.368 e. The molecule has 1 heterocycles. The van der Waals surface area contributed by atoms with Gasteiger partial charge in [-0.15, -0.1) is 0 Å². The van der Waals surface area contributed by atoms with Gasteiger partial charge in [-0.2, -0.15) is 0 Å². The third kappa shape index (κ3) is 3.30. The van der Waals surface area contributed by atoms with Crippen LogP contribution in [0.3, 0.4) is 0 Å². The molecule has 110 valence electrons. The molecule has 1 saturated heterocycles. The lowest BCUT2D eigenvalue weighted by Gasteiger charge is -2.37. The summed E-state index contributed by atoms with van der Waals surface area (Å²) in [5.74, 6) is 0.211. The number of hydrogen-bond donors (Lipinski definition) is 0. The average molecular weight is 278 g/mol. The van der Waals surface area contributed by atoms with Crippen LogP contribution in [0.1, 0.15) is 26.7 Å². The summed E-state index contributed by atoms with van der Waals surface area (Å²) in [6, 6.07) is 6.66. The smallest absolute Gasteiger partial charge is 0.225 e. The van der Waals surface area contributed by atoms with E-state index in [4.69, 9.17) is 0 Å². The number of benzene rings is 1. The predicted octanol–water partition coefficient (Wildman–Crippen LogP) is 2.91. The summed E-state index contributed by atoms with van der Waals surface area (Å²) in [7, 11) is 0. The second-order valence-electron chi connectivity index (χ2n) is 5.31. The molecule has 1 aliphatic rings. The summed E-state index contributed by atoms with van der Waals surface area (Å²) >= 11 is 0. The van der Waals surface area contributed by atoms with Crippen molar-refractivity contribution in [2.75, 3.05) is 31.1 Å². The van der Waals surface area contributed by atoms with Crippen molar-refractivity contribution < 1.29 is 9.18 Å². The number of rotatable bonds is 4. The van der Waals surface area contributed by atoms with Gasteiger partial charge in [-0.05, 0) is 31.0 Å². The molecule has 3 nitrogen and oxygen atoms in total. The molecular weight excluding hydrogens is 255 g/mol. The highest BCUT2D eigenvalue weighted by molar-refractivity contribution is 5.79. The van der Waals surface area contributed by atoms with E-state index in [0.29, 0.717) is 0 Å². The summed E-state index contributed by atoms with van der Waals surface area (Å²) in [4.78, 5) is 16.4. The molecule has 1 amide bonds. The Bertz CT molecular complexity index is 452. The van der Waals surface area contributed by atoms with Crippen LogP contribution in [-0.2, 0) is 4.79 Å². The summed E-state index contributed by atoms with van der Waals surface area (Å²) in [6.45, 7) is 7.13. The fourth-order valence-electron chi connectivity index (χ4n) is 2.75. The number of nitrogens with zero attached hydrogens (tertiary/aromatic N) is 2. The monoisotopic (exact) mass is 278 g/mol. The van der Waals surface area contributed by atoms with Crippen LogP contribution in [-0.4, -0.2) is 37.0 Å². The number of carbonyl (C=O) groups is 1. The zero-order chi connectivity index (χ0) is 14.5. The first-order valence-corrected chi connectivity index (χ1v) is 7.45. The van der Waals surface area contributed by atoms with Gasteiger partial charge < -0.3 is 9.80 Å². The predicted molar refractivity (Wildman–Crippen MR) is 79.3 cm³/mol. The molecule has 4 heteroatoms. The lowest BCUT2D eigenvalue weighted by Crippen LogP contribution is -2.50. The molecule has 0 radical (unpaired) electrons. The van der Waals surface area contributed by atoms with Crippen molar-refractivity contribution in [3.63, 3.8) is 0 Å². The van der Waals surface area contributed by atoms with Gasteiger partial charge in [0, 0.05) is 37.8 Å².